The number of pyridine rings is 1. The lowest BCUT2D eigenvalue weighted by atomic mass is 9.96. The molecular formula is C20H27N3O2. The highest BCUT2D eigenvalue weighted by atomic mass is 16.5. The zero-order valence-electron chi connectivity index (χ0n) is 15.6. The van der Waals surface area contributed by atoms with Crippen molar-refractivity contribution in [3.05, 3.63) is 39.8 Å². The Hall–Kier alpha value is -2.32. The highest BCUT2D eigenvalue weighted by Gasteiger charge is 2.21. The van der Waals surface area contributed by atoms with Crippen LogP contribution in [0.1, 0.15) is 51.8 Å². The molecule has 0 aliphatic carbocycles. The molecule has 5 nitrogen and oxygen atoms in total. The molecule has 0 saturated heterocycles. The molecule has 0 radical (unpaired) electrons. The summed E-state index contributed by atoms with van der Waals surface area (Å²) >= 11 is 0. The van der Waals surface area contributed by atoms with Gasteiger partial charge in [0.25, 0.3) is 5.56 Å². The maximum atomic E-state index is 13.0. The number of nitrogens with two attached hydrogens (primary N) is 1. The molecule has 134 valence electrons. The monoisotopic (exact) mass is 341 g/mol. The van der Waals surface area contributed by atoms with Gasteiger partial charge in [-0.3, -0.25) is 4.79 Å². The smallest absolute Gasteiger partial charge is 0.258 e. The van der Waals surface area contributed by atoms with Gasteiger partial charge in [0.15, 0.2) is 0 Å². The normalized spacial score (nSPS) is 11.5. The van der Waals surface area contributed by atoms with Gasteiger partial charge in [0.05, 0.1) is 29.3 Å². The van der Waals surface area contributed by atoms with Gasteiger partial charge in [-0.2, -0.15) is 5.26 Å². The highest BCUT2D eigenvalue weighted by Crippen LogP contribution is 2.30. The van der Waals surface area contributed by atoms with E-state index in [1.165, 1.54) is 0 Å². The van der Waals surface area contributed by atoms with Gasteiger partial charge in [-0.1, -0.05) is 34.1 Å². The van der Waals surface area contributed by atoms with Crippen LogP contribution in [0.15, 0.2) is 23.0 Å². The van der Waals surface area contributed by atoms with Gasteiger partial charge in [-0.15, -0.1) is 0 Å². The Morgan fingerprint density at radius 2 is 2.00 bits per heavy atom. The van der Waals surface area contributed by atoms with Crippen LogP contribution in [0.4, 0.5) is 0 Å². The number of hydrogen-bond donors (Lipinski definition) is 1. The Balaban J connectivity index is 2.78. The molecule has 1 aromatic carbocycles. The average molecular weight is 341 g/mol. The zero-order chi connectivity index (χ0) is 18.6. The fourth-order valence-corrected chi connectivity index (χ4v) is 2.86. The number of aromatic nitrogens is 1. The second-order valence-electron chi connectivity index (χ2n) is 7.51. The maximum Gasteiger partial charge on any atom is 0.258 e. The molecule has 2 aromatic rings. The number of rotatable bonds is 6. The quantitative estimate of drug-likeness (QED) is 0.815. The summed E-state index contributed by atoms with van der Waals surface area (Å²) in [6.07, 6.45) is 1.93. The fourth-order valence-electron chi connectivity index (χ4n) is 2.86. The largest absolute Gasteiger partial charge is 0.491 e. The molecule has 1 heterocycles. The lowest BCUT2D eigenvalue weighted by molar-refractivity contribution is 0.295. The Kier molecular flexibility index (Phi) is 5.86. The van der Waals surface area contributed by atoms with Crippen LogP contribution in [-0.4, -0.2) is 11.2 Å². The van der Waals surface area contributed by atoms with Crippen molar-refractivity contribution in [2.45, 2.75) is 53.6 Å². The summed E-state index contributed by atoms with van der Waals surface area (Å²) in [4.78, 5) is 13.0. The van der Waals surface area contributed by atoms with E-state index in [1.54, 1.807) is 22.8 Å². The van der Waals surface area contributed by atoms with Crippen molar-refractivity contribution in [3.8, 4) is 11.8 Å². The van der Waals surface area contributed by atoms with Crippen LogP contribution in [0.5, 0.6) is 5.75 Å². The van der Waals surface area contributed by atoms with E-state index in [2.05, 4.69) is 33.8 Å². The first-order chi connectivity index (χ1) is 11.8. The van der Waals surface area contributed by atoms with E-state index in [0.29, 0.717) is 40.9 Å². The summed E-state index contributed by atoms with van der Waals surface area (Å²) in [6.45, 7) is 9.67. The molecule has 0 saturated carbocycles. The van der Waals surface area contributed by atoms with E-state index in [4.69, 9.17) is 10.5 Å². The standard InChI is InChI=1S/C20H27N3O2/c1-5-6-9-25-18-16-10-14(11-21)7-8-15(16)19(24)23(17(18)12-22)13-20(2,3)4/h7-8,10H,5-6,9,12-13,22H2,1-4H3. The molecule has 0 unspecified atom stereocenters. The highest BCUT2D eigenvalue weighted by molar-refractivity contribution is 5.89. The van der Waals surface area contributed by atoms with Gasteiger partial charge < -0.3 is 15.0 Å². The Morgan fingerprint density at radius 3 is 2.56 bits per heavy atom. The first-order valence-corrected chi connectivity index (χ1v) is 8.74. The second-order valence-corrected chi connectivity index (χ2v) is 7.51. The fraction of sp³-hybridized carbons (Fsp3) is 0.500. The van der Waals surface area contributed by atoms with Crippen LogP contribution in [0.25, 0.3) is 10.8 Å². The van der Waals surface area contributed by atoms with Crippen LogP contribution in [0.3, 0.4) is 0 Å². The molecule has 0 aliphatic rings. The number of benzene rings is 1. The van der Waals surface area contributed by atoms with E-state index in [9.17, 15) is 10.1 Å². The van der Waals surface area contributed by atoms with Gasteiger partial charge in [0, 0.05) is 18.5 Å². The molecule has 25 heavy (non-hydrogen) atoms. The Morgan fingerprint density at radius 1 is 1.28 bits per heavy atom. The topological polar surface area (TPSA) is 81.0 Å². The van der Waals surface area contributed by atoms with Crippen LogP contribution in [-0.2, 0) is 13.1 Å². The number of nitriles is 1. The van der Waals surface area contributed by atoms with Gasteiger partial charge in [-0.25, -0.2) is 0 Å². The Bertz CT molecular complexity index is 854. The number of ether oxygens (including phenoxy) is 1. The predicted molar refractivity (Wildman–Crippen MR) is 101 cm³/mol. The molecule has 0 spiro atoms. The van der Waals surface area contributed by atoms with Crippen LogP contribution in [0, 0.1) is 16.7 Å². The molecule has 0 atom stereocenters. The number of fused-ring (bicyclic) bond motifs is 1. The van der Waals surface area contributed by atoms with E-state index in [1.807, 2.05) is 0 Å². The summed E-state index contributed by atoms with van der Waals surface area (Å²) in [7, 11) is 0. The summed E-state index contributed by atoms with van der Waals surface area (Å²) in [6, 6.07) is 7.23. The first kappa shape index (κ1) is 19.0. The Labute approximate surface area is 149 Å². The second kappa shape index (κ2) is 7.71. The molecule has 0 bridgehead atoms. The van der Waals surface area contributed by atoms with Crippen molar-refractivity contribution in [1.29, 1.82) is 5.26 Å². The molecule has 0 fully saturated rings. The number of nitrogens with zero attached hydrogens (tertiary/aromatic N) is 2. The van der Waals surface area contributed by atoms with Crippen LogP contribution < -0.4 is 16.0 Å². The molecule has 1 aromatic heterocycles. The van der Waals surface area contributed by atoms with Gasteiger partial charge >= 0.3 is 0 Å². The van der Waals surface area contributed by atoms with Crippen molar-refractivity contribution in [1.82, 2.24) is 4.57 Å². The molecule has 0 amide bonds. The first-order valence-electron chi connectivity index (χ1n) is 8.74. The molecular weight excluding hydrogens is 314 g/mol. The maximum absolute atomic E-state index is 13.0. The minimum Gasteiger partial charge on any atom is -0.491 e. The molecule has 5 heteroatoms. The van der Waals surface area contributed by atoms with Crippen molar-refractivity contribution >= 4 is 10.8 Å². The summed E-state index contributed by atoms with van der Waals surface area (Å²) < 4.78 is 7.77. The molecule has 2 rings (SSSR count). The van der Waals surface area contributed by atoms with Crippen molar-refractivity contribution < 1.29 is 4.74 Å². The SMILES string of the molecule is CCCCOc1c(CN)n(CC(C)(C)C)c(=O)c2ccc(C#N)cc12. The summed E-state index contributed by atoms with van der Waals surface area (Å²) in [5.74, 6) is 0.631. The predicted octanol–water partition coefficient (Wildman–Crippen LogP) is 3.56. The average Bonchev–Trinajstić information content (AvgIpc) is 2.57. The van der Waals surface area contributed by atoms with E-state index >= 15 is 0 Å². The van der Waals surface area contributed by atoms with E-state index < -0.39 is 0 Å². The minimum atomic E-state index is -0.0855. The minimum absolute atomic E-state index is 0.0747. The van der Waals surface area contributed by atoms with Crippen LogP contribution >= 0.6 is 0 Å². The van der Waals surface area contributed by atoms with Gasteiger partial charge in [-0.05, 0) is 30.0 Å². The summed E-state index contributed by atoms with van der Waals surface area (Å²) in [5.41, 5.74) is 7.04. The third kappa shape index (κ3) is 4.21. The number of unbranched alkanes of at least 4 members (excludes halogenated alkanes) is 1. The third-order valence-electron chi connectivity index (χ3n) is 4.03. The van der Waals surface area contributed by atoms with Gasteiger partial charge in [0.1, 0.15) is 5.75 Å². The lowest BCUT2D eigenvalue weighted by Crippen LogP contribution is -2.31. The van der Waals surface area contributed by atoms with Crippen molar-refractivity contribution in [3.63, 3.8) is 0 Å². The summed E-state index contributed by atoms with van der Waals surface area (Å²) in [5, 5.41) is 10.4. The van der Waals surface area contributed by atoms with Crippen molar-refractivity contribution in [2.75, 3.05) is 6.61 Å². The van der Waals surface area contributed by atoms with E-state index in [0.717, 1.165) is 12.8 Å². The van der Waals surface area contributed by atoms with E-state index in [-0.39, 0.29) is 17.5 Å². The lowest BCUT2D eigenvalue weighted by Gasteiger charge is -2.25. The van der Waals surface area contributed by atoms with Crippen molar-refractivity contribution in [2.24, 2.45) is 11.1 Å². The van der Waals surface area contributed by atoms with Gasteiger partial charge in [0.2, 0.25) is 0 Å². The third-order valence-corrected chi connectivity index (χ3v) is 4.03. The molecule has 0 aliphatic heterocycles. The van der Waals surface area contributed by atoms with Crippen LogP contribution in [0.2, 0.25) is 0 Å². The molecule has 2 N–H and O–H groups in total. The zero-order valence-corrected chi connectivity index (χ0v) is 15.6. The number of hydrogen-bond acceptors (Lipinski definition) is 4.